The van der Waals surface area contributed by atoms with Gasteiger partial charge in [0, 0.05) is 4.47 Å². The molecular formula is C72H70BBrF12O14S4. The van der Waals surface area contributed by atoms with Gasteiger partial charge in [-0.15, -0.1) is 0 Å². The Morgan fingerprint density at radius 3 is 0.673 bits per heavy atom. The first kappa shape index (κ1) is 82.7. The Bertz CT molecular complexity index is 4450. The van der Waals surface area contributed by atoms with Crippen molar-refractivity contribution in [1.82, 2.24) is 0 Å². The van der Waals surface area contributed by atoms with E-state index in [1.807, 2.05) is 0 Å². The van der Waals surface area contributed by atoms with Crippen LogP contribution >= 0.6 is 15.9 Å². The van der Waals surface area contributed by atoms with E-state index in [0.717, 1.165) is 165 Å². The molecule has 0 bridgehead atoms. The van der Waals surface area contributed by atoms with Gasteiger partial charge in [0.1, 0.15) is 0 Å². The van der Waals surface area contributed by atoms with E-state index in [2.05, 4.69) is 15.9 Å². The maximum absolute atomic E-state index is 12.9. The molecule has 8 aromatic carbocycles. The first-order chi connectivity index (χ1) is 47.9. The molecule has 0 amide bonds. The molecule has 32 heteroatoms. The van der Waals surface area contributed by atoms with Gasteiger partial charge in [0.25, 0.3) is 0 Å². The zero-order valence-corrected chi connectivity index (χ0v) is 60.4. The molecule has 4 aliphatic carbocycles. The van der Waals surface area contributed by atoms with Crippen LogP contribution in [0.2, 0.25) is 5.82 Å². The van der Waals surface area contributed by atoms with Crippen molar-refractivity contribution < 1.29 is 117 Å². The quantitative estimate of drug-likeness (QED) is 0.0389. The summed E-state index contributed by atoms with van der Waals surface area (Å²) in [6.45, 7) is 2.53. The van der Waals surface area contributed by atoms with Gasteiger partial charge in [-0.1, -0.05) is 128 Å². The fourth-order valence-electron chi connectivity index (χ4n) is 10.4. The van der Waals surface area contributed by atoms with Crippen LogP contribution in [0.1, 0.15) is 136 Å². The predicted octanol–water partition coefficient (Wildman–Crippen LogP) is 16.2. The zero-order chi connectivity index (χ0) is 77.4. The summed E-state index contributed by atoms with van der Waals surface area (Å²) in [4.78, 5) is 0.127. The molecule has 104 heavy (non-hydrogen) atoms. The van der Waals surface area contributed by atoms with Crippen molar-refractivity contribution >= 4 is 62.4 Å². The lowest BCUT2D eigenvalue weighted by Crippen LogP contribution is -2.39. The Labute approximate surface area is 602 Å². The van der Waals surface area contributed by atoms with Gasteiger partial charge in [0.05, 0.1) is 39.2 Å². The Morgan fingerprint density at radius 1 is 0.308 bits per heavy atom. The average Bonchev–Trinajstić information content (AvgIpc) is 0.999. The lowest BCUT2D eigenvalue weighted by molar-refractivity contribution is -0.259. The molecule has 14 nitrogen and oxygen atoms in total. The summed E-state index contributed by atoms with van der Waals surface area (Å²) in [5.74, 6) is 0.869. The van der Waals surface area contributed by atoms with Gasteiger partial charge in [0.2, 0.25) is 39.3 Å². The molecule has 4 atom stereocenters. The minimum Gasteiger partial charge on any atom is -0.427 e. The topological polar surface area (TPSA) is 258 Å². The number of rotatable bonds is 16. The first-order valence-electron chi connectivity index (χ1n) is 31.9. The number of benzene rings is 8. The van der Waals surface area contributed by atoms with Gasteiger partial charge < -0.3 is 30.5 Å². The monoisotopic (exact) mass is 1600 g/mol. The number of halogens is 13. The molecule has 6 N–H and O–H groups in total. The third kappa shape index (κ3) is 18.5. The summed E-state index contributed by atoms with van der Waals surface area (Å²) < 4.78 is 257. The SMILES string of the molecule is CC(O)(c1ccc(S(=O)(=O)c2ccccc2Br)cc1)C(F)(F)F.CC(O)(c1ccc(S(=O)(=O)c2ccccc2C2CC2)cc1)C(F)(F)F.C[C@@](O)(c1ccc(S(=O)(=O)c2ccccc2C2CC2)cc1)C(F)(F)F.C[C@](O)(c1ccc(S(=O)(=O)c2ccccc2C2CC2)cc1)C(F)(F)F.OB(O)C1CC1. The fourth-order valence-corrected chi connectivity index (χ4v) is 17.3. The maximum atomic E-state index is 12.9. The van der Waals surface area contributed by atoms with Crippen LogP contribution < -0.4 is 0 Å². The van der Waals surface area contributed by atoms with Gasteiger partial charge in [0.15, 0.2) is 22.4 Å². The smallest absolute Gasteiger partial charge is 0.427 e. The summed E-state index contributed by atoms with van der Waals surface area (Å²) in [7, 11) is -16.4. The molecule has 0 saturated heterocycles. The molecule has 8 aromatic rings. The first-order valence-corrected chi connectivity index (χ1v) is 38.6. The van der Waals surface area contributed by atoms with Gasteiger partial charge in [-0.2, -0.15) is 52.7 Å². The zero-order valence-electron chi connectivity index (χ0n) is 55.5. The van der Waals surface area contributed by atoms with Crippen LogP contribution in [0.25, 0.3) is 0 Å². The minimum atomic E-state index is -4.87. The van der Waals surface area contributed by atoms with E-state index < -0.39 is 116 Å². The molecule has 12 rings (SSSR count). The van der Waals surface area contributed by atoms with Crippen LogP contribution in [0.15, 0.2) is 238 Å². The summed E-state index contributed by atoms with van der Waals surface area (Å²) in [6, 6.07) is 42.8. The van der Waals surface area contributed by atoms with Crippen LogP contribution in [0.3, 0.4) is 0 Å². The second-order valence-electron chi connectivity index (χ2n) is 26.0. The standard InChI is InChI=1S/3C18H17F3O3S.C15H12BrF3O3S.C3H7BO2/c3*1-17(22,18(19,20)21)13-8-10-14(11-9-13)25(23,24)16-5-3-2-4-15(16)12-6-7-12;1-14(20,15(17,18)19)10-6-8-11(9-7-10)23(21,22)13-5-3-2-4-12(13)16;5-4(6)3-1-2-3/h3*2-5,8-12,22H,6-7H2,1H3;2-9,20H,1H3;3,5-6H,1-2H2/t2*17-;;;/m10.../s1. The Hall–Kier alpha value is -6.98. The van der Waals surface area contributed by atoms with Gasteiger partial charge in [-0.3, -0.25) is 0 Å². The number of sulfone groups is 4. The van der Waals surface area contributed by atoms with Crippen molar-refractivity contribution in [2.75, 3.05) is 0 Å². The van der Waals surface area contributed by atoms with Crippen LogP contribution in [0.4, 0.5) is 52.7 Å². The molecule has 0 aliphatic heterocycles. The van der Waals surface area contributed by atoms with Crippen molar-refractivity contribution in [3.05, 3.63) is 238 Å². The largest absolute Gasteiger partial charge is 0.454 e. The van der Waals surface area contributed by atoms with Crippen molar-refractivity contribution in [2.45, 2.75) is 189 Å². The lowest BCUT2D eigenvalue weighted by atomic mass is 9.84. The third-order valence-electron chi connectivity index (χ3n) is 18.0. The van der Waals surface area contributed by atoms with E-state index in [9.17, 15) is 107 Å². The van der Waals surface area contributed by atoms with Crippen LogP contribution in [-0.4, -0.2) is 96.0 Å². The van der Waals surface area contributed by atoms with Crippen LogP contribution in [-0.2, 0) is 61.8 Å². The molecule has 560 valence electrons. The average molecular weight is 1610 g/mol. The van der Waals surface area contributed by atoms with E-state index in [0.29, 0.717) is 32.2 Å². The van der Waals surface area contributed by atoms with Gasteiger partial charge >= 0.3 is 31.8 Å². The summed E-state index contributed by atoms with van der Waals surface area (Å²) in [5.41, 5.74) is -11.6. The van der Waals surface area contributed by atoms with E-state index >= 15 is 0 Å². The molecule has 4 saturated carbocycles. The molecule has 0 heterocycles. The molecule has 4 fully saturated rings. The minimum absolute atomic E-state index is 0.00957. The Morgan fingerprint density at radius 2 is 0.500 bits per heavy atom. The van der Waals surface area contributed by atoms with Crippen molar-refractivity contribution in [3.63, 3.8) is 0 Å². The molecule has 0 radical (unpaired) electrons. The molecular weight excluding hydrogens is 1540 g/mol. The van der Waals surface area contributed by atoms with E-state index in [-0.39, 0.29) is 62.7 Å². The summed E-state index contributed by atoms with van der Waals surface area (Å²) in [5, 5.41) is 55.1. The van der Waals surface area contributed by atoms with E-state index in [1.165, 1.54) is 24.3 Å². The highest BCUT2D eigenvalue weighted by Gasteiger charge is 2.54. The molecule has 0 spiro atoms. The summed E-state index contributed by atoms with van der Waals surface area (Å²) in [6.07, 6.45) is -11.9. The van der Waals surface area contributed by atoms with Gasteiger partial charge in [-0.05, 0) is 224 Å². The number of alkyl halides is 12. The highest BCUT2D eigenvalue weighted by atomic mass is 79.9. The van der Waals surface area contributed by atoms with E-state index in [4.69, 9.17) is 10.0 Å². The maximum Gasteiger partial charge on any atom is 0.454 e. The van der Waals surface area contributed by atoms with Crippen LogP contribution in [0, 0.1) is 0 Å². The third-order valence-corrected chi connectivity index (χ3v) is 26.3. The number of aliphatic hydroxyl groups is 4. The second kappa shape index (κ2) is 30.7. The van der Waals surface area contributed by atoms with Crippen molar-refractivity contribution in [1.29, 1.82) is 0 Å². The van der Waals surface area contributed by atoms with Crippen molar-refractivity contribution in [2.24, 2.45) is 0 Å². The molecule has 2 unspecified atom stereocenters. The second-order valence-corrected chi connectivity index (χ2v) is 34.5. The summed E-state index contributed by atoms with van der Waals surface area (Å²) >= 11 is 3.13. The Balaban J connectivity index is 0.000000171. The highest BCUT2D eigenvalue weighted by molar-refractivity contribution is 9.10. The molecule has 0 aromatic heterocycles. The van der Waals surface area contributed by atoms with Crippen LogP contribution in [0.5, 0.6) is 0 Å². The van der Waals surface area contributed by atoms with Gasteiger partial charge in [-0.25, -0.2) is 33.7 Å². The Kier molecular flexibility index (Phi) is 24.4. The lowest BCUT2D eigenvalue weighted by Gasteiger charge is -2.26. The number of hydrogen-bond acceptors (Lipinski definition) is 14. The normalized spacial score (nSPS) is 17.5. The fraction of sp³-hybridized carbons (Fsp3) is 0.333. The number of hydrogen-bond donors (Lipinski definition) is 6. The highest BCUT2D eigenvalue weighted by Crippen LogP contribution is 2.49. The van der Waals surface area contributed by atoms with E-state index in [1.54, 1.807) is 72.8 Å². The predicted molar refractivity (Wildman–Crippen MR) is 363 cm³/mol. The van der Waals surface area contributed by atoms with Crippen molar-refractivity contribution in [3.8, 4) is 0 Å². The molecule has 4 aliphatic rings.